The van der Waals surface area contributed by atoms with E-state index in [4.69, 9.17) is 4.74 Å². The van der Waals surface area contributed by atoms with Crippen LogP contribution in [0.1, 0.15) is 38.2 Å². The molecule has 5 nitrogen and oxygen atoms in total. The molecule has 1 atom stereocenters. The van der Waals surface area contributed by atoms with Gasteiger partial charge < -0.3 is 15.4 Å². The molecule has 0 radical (unpaired) electrons. The highest BCUT2D eigenvalue weighted by atomic mass is 16.5. The third-order valence-corrected chi connectivity index (χ3v) is 4.02. The minimum atomic E-state index is 0.296. The quantitative estimate of drug-likeness (QED) is 0.846. The van der Waals surface area contributed by atoms with E-state index in [1.807, 2.05) is 6.07 Å². The van der Waals surface area contributed by atoms with Crippen molar-refractivity contribution in [1.82, 2.24) is 9.97 Å². The van der Waals surface area contributed by atoms with Crippen LogP contribution in [-0.4, -0.2) is 29.2 Å². The second-order valence-electron chi connectivity index (χ2n) is 6.18. The standard InChI is InChI=1S/C18H24N4O/c1-13(2)14-5-7-15(8-6-14)21-18-19-10-9-17(22-18)20-12-16-4-3-11-23-16/h5-10,13,16H,3-4,11-12H2,1-2H3,(H2,19,20,21,22). The number of hydrogen-bond acceptors (Lipinski definition) is 5. The van der Waals surface area contributed by atoms with Crippen molar-refractivity contribution in [1.29, 1.82) is 0 Å². The van der Waals surface area contributed by atoms with Gasteiger partial charge in [0.05, 0.1) is 6.10 Å². The Balaban J connectivity index is 1.60. The molecule has 0 aliphatic carbocycles. The largest absolute Gasteiger partial charge is 0.376 e. The predicted octanol–water partition coefficient (Wildman–Crippen LogP) is 3.93. The summed E-state index contributed by atoms with van der Waals surface area (Å²) in [4.78, 5) is 8.78. The van der Waals surface area contributed by atoms with Gasteiger partial charge in [0.25, 0.3) is 0 Å². The zero-order valence-electron chi connectivity index (χ0n) is 13.7. The lowest BCUT2D eigenvalue weighted by Crippen LogP contribution is -2.19. The maximum absolute atomic E-state index is 5.61. The van der Waals surface area contributed by atoms with Gasteiger partial charge in [-0.25, -0.2) is 4.98 Å². The third-order valence-electron chi connectivity index (χ3n) is 4.02. The van der Waals surface area contributed by atoms with Crippen molar-refractivity contribution < 1.29 is 4.74 Å². The maximum atomic E-state index is 5.61. The molecule has 0 bridgehead atoms. The Morgan fingerprint density at radius 1 is 1.22 bits per heavy atom. The summed E-state index contributed by atoms with van der Waals surface area (Å²) in [6.07, 6.45) is 4.32. The summed E-state index contributed by atoms with van der Waals surface area (Å²) in [6, 6.07) is 10.3. The van der Waals surface area contributed by atoms with Crippen LogP contribution >= 0.6 is 0 Å². The second-order valence-corrected chi connectivity index (χ2v) is 6.18. The van der Waals surface area contributed by atoms with Crippen molar-refractivity contribution in [3.8, 4) is 0 Å². The number of ether oxygens (including phenoxy) is 1. The lowest BCUT2D eigenvalue weighted by molar-refractivity contribution is 0.120. The van der Waals surface area contributed by atoms with E-state index in [2.05, 4.69) is 58.7 Å². The number of nitrogens with one attached hydrogen (secondary N) is 2. The lowest BCUT2D eigenvalue weighted by atomic mass is 10.0. The topological polar surface area (TPSA) is 59.1 Å². The van der Waals surface area contributed by atoms with Gasteiger partial charge in [0.2, 0.25) is 5.95 Å². The van der Waals surface area contributed by atoms with E-state index in [1.165, 1.54) is 5.56 Å². The molecule has 1 aromatic carbocycles. The summed E-state index contributed by atoms with van der Waals surface area (Å²) in [6.45, 7) is 6.04. The highest BCUT2D eigenvalue weighted by Crippen LogP contribution is 2.19. The fourth-order valence-electron chi connectivity index (χ4n) is 2.62. The molecule has 0 amide bonds. The van der Waals surface area contributed by atoms with Gasteiger partial charge in [0.1, 0.15) is 5.82 Å². The molecule has 2 N–H and O–H groups in total. The van der Waals surface area contributed by atoms with Gasteiger partial charge in [-0.05, 0) is 42.5 Å². The molecule has 1 saturated heterocycles. The Labute approximate surface area is 137 Å². The number of aromatic nitrogens is 2. The van der Waals surface area contributed by atoms with Crippen molar-refractivity contribution in [2.45, 2.75) is 38.7 Å². The molecular formula is C18H24N4O. The summed E-state index contributed by atoms with van der Waals surface area (Å²) in [7, 11) is 0. The Morgan fingerprint density at radius 2 is 2.04 bits per heavy atom. The van der Waals surface area contributed by atoms with E-state index in [1.54, 1.807) is 6.20 Å². The molecular weight excluding hydrogens is 288 g/mol. The minimum absolute atomic E-state index is 0.296. The fourth-order valence-corrected chi connectivity index (χ4v) is 2.62. The zero-order chi connectivity index (χ0) is 16.1. The normalized spacial score (nSPS) is 17.4. The molecule has 0 saturated carbocycles. The van der Waals surface area contributed by atoms with Crippen LogP contribution in [0.3, 0.4) is 0 Å². The van der Waals surface area contributed by atoms with Crippen LogP contribution in [0, 0.1) is 0 Å². The van der Waals surface area contributed by atoms with Gasteiger partial charge in [-0.2, -0.15) is 4.98 Å². The van der Waals surface area contributed by atoms with Crippen LogP contribution in [-0.2, 0) is 4.74 Å². The van der Waals surface area contributed by atoms with Crippen LogP contribution in [0.25, 0.3) is 0 Å². The van der Waals surface area contributed by atoms with Gasteiger partial charge in [0, 0.05) is 25.0 Å². The van der Waals surface area contributed by atoms with Crippen LogP contribution in [0.2, 0.25) is 0 Å². The molecule has 2 heterocycles. The SMILES string of the molecule is CC(C)c1ccc(Nc2nccc(NCC3CCCO3)n2)cc1. The Bertz CT molecular complexity index is 621. The van der Waals surface area contributed by atoms with Crippen LogP contribution < -0.4 is 10.6 Å². The summed E-state index contributed by atoms with van der Waals surface area (Å²) in [5.74, 6) is 1.95. The highest BCUT2D eigenvalue weighted by molar-refractivity contribution is 5.55. The number of benzene rings is 1. The van der Waals surface area contributed by atoms with Gasteiger partial charge in [-0.3, -0.25) is 0 Å². The van der Waals surface area contributed by atoms with E-state index >= 15 is 0 Å². The molecule has 2 aromatic rings. The van der Waals surface area contributed by atoms with Gasteiger partial charge in [-0.15, -0.1) is 0 Å². The smallest absolute Gasteiger partial charge is 0.229 e. The van der Waals surface area contributed by atoms with E-state index in [9.17, 15) is 0 Å². The summed E-state index contributed by atoms with van der Waals surface area (Å²) in [5, 5.41) is 6.57. The molecule has 3 rings (SSSR count). The average molecular weight is 312 g/mol. The third kappa shape index (κ3) is 4.42. The van der Waals surface area contributed by atoms with Gasteiger partial charge in [-0.1, -0.05) is 26.0 Å². The summed E-state index contributed by atoms with van der Waals surface area (Å²) in [5.41, 5.74) is 2.31. The first kappa shape index (κ1) is 15.7. The molecule has 1 aromatic heterocycles. The van der Waals surface area contributed by atoms with E-state index in [0.717, 1.165) is 37.5 Å². The van der Waals surface area contributed by atoms with Crippen molar-refractivity contribution >= 4 is 17.5 Å². The first-order valence-electron chi connectivity index (χ1n) is 8.26. The van der Waals surface area contributed by atoms with Gasteiger partial charge in [0.15, 0.2) is 0 Å². The van der Waals surface area contributed by atoms with Crippen molar-refractivity contribution in [2.75, 3.05) is 23.8 Å². The first-order valence-corrected chi connectivity index (χ1v) is 8.26. The van der Waals surface area contributed by atoms with Crippen molar-refractivity contribution in [2.24, 2.45) is 0 Å². The molecule has 1 unspecified atom stereocenters. The average Bonchev–Trinajstić information content (AvgIpc) is 3.07. The Morgan fingerprint density at radius 3 is 2.74 bits per heavy atom. The molecule has 0 spiro atoms. The fraction of sp³-hybridized carbons (Fsp3) is 0.444. The van der Waals surface area contributed by atoms with Crippen LogP contribution in [0.4, 0.5) is 17.5 Å². The number of hydrogen-bond donors (Lipinski definition) is 2. The highest BCUT2D eigenvalue weighted by Gasteiger charge is 2.15. The molecule has 23 heavy (non-hydrogen) atoms. The van der Waals surface area contributed by atoms with Crippen LogP contribution in [0.15, 0.2) is 36.5 Å². The maximum Gasteiger partial charge on any atom is 0.229 e. The number of nitrogens with zero attached hydrogens (tertiary/aromatic N) is 2. The van der Waals surface area contributed by atoms with E-state index in [0.29, 0.717) is 18.0 Å². The number of rotatable bonds is 6. The summed E-state index contributed by atoms with van der Waals surface area (Å²) < 4.78 is 5.61. The molecule has 1 fully saturated rings. The first-order chi connectivity index (χ1) is 11.2. The zero-order valence-corrected chi connectivity index (χ0v) is 13.7. The molecule has 1 aliphatic heterocycles. The summed E-state index contributed by atoms with van der Waals surface area (Å²) >= 11 is 0. The van der Waals surface area contributed by atoms with Crippen LogP contribution in [0.5, 0.6) is 0 Å². The van der Waals surface area contributed by atoms with Crippen molar-refractivity contribution in [3.63, 3.8) is 0 Å². The van der Waals surface area contributed by atoms with E-state index < -0.39 is 0 Å². The Kier molecular flexibility index (Phi) is 5.08. The molecule has 122 valence electrons. The van der Waals surface area contributed by atoms with E-state index in [-0.39, 0.29) is 0 Å². The Hall–Kier alpha value is -2.14. The second kappa shape index (κ2) is 7.42. The predicted molar refractivity (Wildman–Crippen MR) is 93.3 cm³/mol. The monoisotopic (exact) mass is 312 g/mol. The lowest BCUT2D eigenvalue weighted by Gasteiger charge is -2.12. The molecule has 1 aliphatic rings. The minimum Gasteiger partial charge on any atom is -0.376 e. The molecule has 5 heteroatoms. The van der Waals surface area contributed by atoms with Crippen molar-refractivity contribution in [3.05, 3.63) is 42.1 Å². The van der Waals surface area contributed by atoms with Gasteiger partial charge >= 0.3 is 0 Å². The number of anilines is 3.